The molecule has 4 aromatic rings. The number of carboxylic acid groups (broad SMARTS) is 1. The molecular weight excluding hydrogens is 516 g/mol. The van der Waals surface area contributed by atoms with Crippen LogP contribution in [0.4, 0.5) is 0 Å². The predicted molar refractivity (Wildman–Crippen MR) is 171 cm³/mol. The lowest BCUT2D eigenvalue weighted by Crippen LogP contribution is -2.10. The molecule has 0 aliphatic heterocycles. The van der Waals surface area contributed by atoms with E-state index in [0.717, 1.165) is 44.9 Å². The van der Waals surface area contributed by atoms with Gasteiger partial charge < -0.3 is 5.11 Å². The largest absolute Gasteiger partial charge is 0.481 e. The fraction of sp³-hybridized carbons (Fsp3) is 0.333. The van der Waals surface area contributed by atoms with Crippen molar-refractivity contribution in [3.63, 3.8) is 0 Å². The first-order chi connectivity index (χ1) is 20.5. The van der Waals surface area contributed by atoms with Crippen molar-refractivity contribution >= 4 is 11.8 Å². The maximum atomic E-state index is 11.5. The first-order valence-electron chi connectivity index (χ1n) is 15.5. The molecule has 1 N–H and O–H groups in total. The Kier molecular flexibility index (Phi) is 10.0. The molecule has 3 heteroatoms. The molecule has 42 heavy (non-hydrogen) atoms. The van der Waals surface area contributed by atoms with Crippen molar-refractivity contribution in [3.8, 4) is 22.3 Å². The van der Waals surface area contributed by atoms with E-state index in [2.05, 4.69) is 103 Å². The Morgan fingerprint density at radius 2 is 0.976 bits per heavy atom. The van der Waals surface area contributed by atoms with Gasteiger partial charge in [-0.1, -0.05) is 109 Å². The summed E-state index contributed by atoms with van der Waals surface area (Å²) in [5.74, 6) is 1.06. The quantitative estimate of drug-likeness (QED) is 0.234. The molecule has 0 spiro atoms. The molecule has 216 valence electrons. The first-order valence-corrected chi connectivity index (χ1v) is 15.5. The number of hydrogen-bond acceptors (Lipinski definition) is 2. The topological polar surface area (TPSA) is 54.4 Å². The van der Waals surface area contributed by atoms with Gasteiger partial charge in [0.05, 0.1) is 5.92 Å². The molecule has 0 aromatic heterocycles. The van der Waals surface area contributed by atoms with E-state index in [9.17, 15) is 9.59 Å². The summed E-state index contributed by atoms with van der Waals surface area (Å²) in [4.78, 5) is 22.6. The summed E-state index contributed by atoms with van der Waals surface area (Å²) in [6, 6.07) is 38.2. The highest BCUT2D eigenvalue weighted by Gasteiger charge is 2.30. The van der Waals surface area contributed by atoms with Crippen LogP contribution in [-0.4, -0.2) is 16.9 Å². The van der Waals surface area contributed by atoms with Gasteiger partial charge in [0, 0.05) is 5.92 Å². The summed E-state index contributed by atoms with van der Waals surface area (Å²) in [6.45, 7) is 1.74. The minimum absolute atomic E-state index is 0.140. The van der Waals surface area contributed by atoms with Crippen LogP contribution in [0.25, 0.3) is 22.3 Å². The van der Waals surface area contributed by atoms with Crippen LogP contribution in [0.3, 0.4) is 0 Å². The standard InChI is InChI=1S/C20H22O.C19H20O2/c1-15(21)18-12-11-16(13-18)14-19-9-5-6-10-20(19)17-7-3-2-4-8-17;20-19(21)17-11-10-14(13-17)12-16-8-4-5-9-18(16)15-6-2-1-3-7-15/h2-10,16,18H,11-14H2,1H3;1-9,14,17H,10-13H2,(H,20,21)/t16-,18-;14-,17+/m10/s1. The number of carbonyl (C=O) groups is 2. The van der Waals surface area contributed by atoms with Crippen LogP contribution >= 0.6 is 0 Å². The molecule has 0 amide bonds. The van der Waals surface area contributed by atoms with E-state index in [1.807, 2.05) is 6.07 Å². The van der Waals surface area contributed by atoms with Gasteiger partial charge >= 0.3 is 5.97 Å². The Labute approximate surface area is 250 Å². The Bertz CT molecular complexity index is 1350. The lowest BCUT2D eigenvalue weighted by atomic mass is 9.90. The maximum Gasteiger partial charge on any atom is 0.306 e. The van der Waals surface area contributed by atoms with Crippen LogP contribution in [0.15, 0.2) is 109 Å². The third-order valence-electron chi connectivity index (χ3n) is 9.23. The van der Waals surface area contributed by atoms with Crippen LogP contribution in [-0.2, 0) is 22.4 Å². The molecule has 0 unspecified atom stereocenters. The van der Waals surface area contributed by atoms with E-state index < -0.39 is 5.97 Å². The number of benzene rings is 4. The lowest BCUT2D eigenvalue weighted by molar-refractivity contribution is -0.141. The predicted octanol–water partition coefficient (Wildman–Crippen LogP) is 9.30. The van der Waals surface area contributed by atoms with Crippen LogP contribution in [0.2, 0.25) is 0 Å². The third-order valence-corrected chi connectivity index (χ3v) is 9.23. The summed E-state index contributed by atoms with van der Waals surface area (Å²) in [7, 11) is 0. The molecular formula is C39H42O3. The van der Waals surface area contributed by atoms with E-state index >= 15 is 0 Å². The Hall–Kier alpha value is -3.98. The molecule has 2 aliphatic carbocycles. The monoisotopic (exact) mass is 558 g/mol. The van der Waals surface area contributed by atoms with Crippen LogP contribution in [0.1, 0.15) is 56.6 Å². The van der Waals surface area contributed by atoms with E-state index in [-0.39, 0.29) is 5.92 Å². The number of carbonyl (C=O) groups excluding carboxylic acids is 1. The summed E-state index contributed by atoms with van der Waals surface area (Å²) >= 11 is 0. The van der Waals surface area contributed by atoms with Crippen molar-refractivity contribution in [1.29, 1.82) is 0 Å². The molecule has 6 rings (SSSR count). The van der Waals surface area contributed by atoms with Crippen molar-refractivity contribution in [3.05, 3.63) is 120 Å². The van der Waals surface area contributed by atoms with Crippen molar-refractivity contribution in [2.75, 3.05) is 0 Å². The van der Waals surface area contributed by atoms with E-state index in [4.69, 9.17) is 5.11 Å². The number of Topliss-reactive ketones (excluding diaryl/α,β-unsaturated/α-hetero) is 1. The highest BCUT2D eigenvalue weighted by atomic mass is 16.4. The second-order valence-electron chi connectivity index (χ2n) is 12.2. The molecule has 4 aromatic carbocycles. The summed E-state index contributed by atoms with van der Waals surface area (Å²) < 4.78 is 0. The van der Waals surface area contributed by atoms with Crippen LogP contribution in [0, 0.1) is 23.7 Å². The SMILES string of the molecule is CC(=O)[C@@H]1CC[C@@H](Cc2ccccc2-c2ccccc2)C1.O=C(O)[C@@H]1CC[C@@H](Cc2ccccc2-c2ccccc2)C1. The minimum Gasteiger partial charge on any atom is -0.481 e. The minimum atomic E-state index is -0.631. The zero-order valence-corrected chi connectivity index (χ0v) is 24.6. The number of carboxylic acids is 1. The van der Waals surface area contributed by atoms with E-state index in [0.29, 0.717) is 23.5 Å². The smallest absolute Gasteiger partial charge is 0.306 e. The Morgan fingerprint density at radius 1 is 0.571 bits per heavy atom. The third kappa shape index (κ3) is 7.64. The second kappa shape index (κ2) is 14.3. The molecule has 0 saturated heterocycles. The fourth-order valence-corrected chi connectivity index (χ4v) is 6.93. The molecule has 0 bridgehead atoms. The Morgan fingerprint density at radius 3 is 1.38 bits per heavy atom. The fourth-order valence-electron chi connectivity index (χ4n) is 6.93. The second-order valence-corrected chi connectivity index (χ2v) is 12.2. The van der Waals surface area contributed by atoms with Crippen molar-refractivity contribution in [2.24, 2.45) is 23.7 Å². The highest BCUT2D eigenvalue weighted by molar-refractivity contribution is 5.78. The van der Waals surface area contributed by atoms with Gasteiger partial charge in [-0.3, -0.25) is 9.59 Å². The molecule has 0 heterocycles. The lowest BCUT2D eigenvalue weighted by Gasteiger charge is -2.14. The van der Waals surface area contributed by atoms with Gasteiger partial charge in [-0.2, -0.15) is 0 Å². The average molecular weight is 559 g/mol. The van der Waals surface area contributed by atoms with E-state index in [1.165, 1.54) is 39.8 Å². The van der Waals surface area contributed by atoms with Gasteiger partial charge in [0.1, 0.15) is 5.78 Å². The van der Waals surface area contributed by atoms with Gasteiger partial charge in [-0.15, -0.1) is 0 Å². The Balaban J connectivity index is 0.000000168. The molecule has 0 radical (unpaired) electrons. The van der Waals surface area contributed by atoms with Crippen molar-refractivity contribution in [1.82, 2.24) is 0 Å². The molecule has 2 fully saturated rings. The number of aliphatic carboxylic acids is 1. The van der Waals surface area contributed by atoms with Gasteiger partial charge in [0.15, 0.2) is 0 Å². The maximum absolute atomic E-state index is 11.5. The molecule has 2 aliphatic rings. The van der Waals surface area contributed by atoms with Crippen LogP contribution < -0.4 is 0 Å². The van der Waals surface area contributed by atoms with Crippen LogP contribution in [0.5, 0.6) is 0 Å². The van der Waals surface area contributed by atoms with Gasteiger partial charge in [-0.25, -0.2) is 0 Å². The van der Waals surface area contributed by atoms with Gasteiger partial charge in [0.25, 0.3) is 0 Å². The van der Waals surface area contributed by atoms with Crippen molar-refractivity contribution < 1.29 is 14.7 Å². The summed E-state index contributed by atoms with van der Waals surface area (Å²) in [6.07, 6.45) is 8.08. The summed E-state index contributed by atoms with van der Waals surface area (Å²) in [5.41, 5.74) is 7.88. The zero-order chi connectivity index (χ0) is 29.3. The zero-order valence-electron chi connectivity index (χ0n) is 24.6. The first kappa shape index (κ1) is 29.5. The normalized spacial score (nSPS) is 21.4. The van der Waals surface area contributed by atoms with Crippen molar-refractivity contribution in [2.45, 2.75) is 58.3 Å². The molecule has 4 atom stereocenters. The highest BCUT2D eigenvalue weighted by Crippen LogP contribution is 2.37. The summed E-state index contributed by atoms with van der Waals surface area (Å²) in [5, 5.41) is 9.13. The van der Waals surface area contributed by atoms with E-state index in [1.54, 1.807) is 6.92 Å². The van der Waals surface area contributed by atoms with Gasteiger partial charge in [0.2, 0.25) is 0 Å². The average Bonchev–Trinajstić information content (AvgIpc) is 3.69. The number of rotatable bonds is 8. The number of hydrogen-bond donors (Lipinski definition) is 1. The number of ketones is 1. The van der Waals surface area contributed by atoms with Gasteiger partial charge in [-0.05, 0) is 104 Å². The molecule has 3 nitrogen and oxygen atoms in total. The molecule has 2 saturated carbocycles.